The Morgan fingerprint density at radius 2 is 1.76 bits per heavy atom. The molecular formula is C14H13Cl2N. The van der Waals surface area contributed by atoms with E-state index in [1.807, 2.05) is 37.3 Å². The van der Waals surface area contributed by atoms with Crippen molar-refractivity contribution < 1.29 is 0 Å². The van der Waals surface area contributed by atoms with Gasteiger partial charge in [0.2, 0.25) is 0 Å². The highest BCUT2D eigenvalue weighted by molar-refractivity contribution is 6.31. The fraction of sp³-hybridized carbons (Fsp3) is 0.143. The van der Waals surface area contributed by atoms with E-state index in [2.05, 4.69) is 0 Å². The largest absolute Gasteiger partial charge is 0.398 e. The van der Waals surface area contributed by atoms with Crippen LogP contribution in [-0.4, -0.2) is 0 Å². The number of hydrogen-bond acceptors (Lipinski definition) is 1. The SMILES string of the molecule is Cc1c(N)cc(Cl)cc1Cc1ccccc1Cl. The second kappa shape index (κ2) is 4.99. The molecule has 0 bridgehead atoms. The Bertz CT molecular complexity index is 550. The van der Waals surface area contributed by atoms with E-state index in [1.165, 1.54) is 0 Å². The van der Waals surface area contributed by atoms with Gasteiger partial charge >= 0.3 is 0 Å². The lowest BCUT2D eigenvalue weighted by atomic mass is 9.99. The van der Waals surface area contributed by atoms with E-state index in [1.54, 1.807) is 6.07 Å². The smallest absolute Gasteiger partial charge is 0.0441 e. The van der Waals surface area contributed by atoms with Crippen molar-refractivity contribution in [2.75, 3.05) is 5.73 Å². The van der Waals surface area contributed by atoms with Crippen LogP contribution in [0.1, 0.15) is 16.7 Å². The van der Waals surface area contributed by atoms with Crippen molar-refractivity contribution in [1.29, 1.82) is 0 Å². The van der Waals surface area contributed by atoms with Gasteiger partial charge in [0.15, 0.2) is 0 Å². The number of nitrogens with two attached hydrogens (primary N) is 1. The molecule has 0 unspecified atom stereocenters. The Hall–Kier alpha value is -1.18. The predicted octanol–water partition coefficient (Wildman–Crippen LogP) is 4.47. The Balaban J connectivity index is 2.40. The van der Waals surface area contributed by atoms with E-state index in [4.69, 9.17) is 28.9 Å². The van der Waals surface area contributed by atoms with Crippen LogP contribution < -0.4 is 5.73 Å². The fourth-order valence-corrected chi connectivity index (χ4v) is 2.24. The monoisotopic (exact) mass is 265 g/mol. The molecule has 0 amide bonds. The molecule has 88 valence electrons. The van der Waals surface area contributed by atoms with E-state index >= 15 is 0 Å². The third-order valence-electron chi connectivity index (χ3n) is 2.86. The minimum absolute atomic E-state index is 0.662. The highest BCUT2D eigenvalue weighted by Gasteiger charge is 2.07. The van der Waals surface area contributed by atoms with Crippen LogP contribution in [0.25, 0.3) is 0 Å². The maximum Gasteiger partial charge on any atom is 0.0441 e. The minimum Gasteiger partial charge on any atom is -0.398 e. The summed E-state index contributed by atoms with van der Waals surface area (Å²) in [5.74, 6) is 0. The molecule has 0 atom stereocenters. The summed E-state index contributed by atoms with van der Waals surface area (Å²) in [7, 11) is 0. The summed E-state index contributed by atoms with van der Waals surface area (Å²) in [5, 5.41) is 1.43. The molecule has 0 heterocycles. The van der Waals surface area contributed by atoms with Gasteiger partial charge in [-0.15, -0.1) is 0 Å². The molecule has 0 spiro atoms. The van der Waals surface area contributed by atoms with Crippen molar-refractivity contribution in [3.05, 3.63) is 63.1 Å². The Labute approximate surface area is 111 Å². The molecule has 0 saturated heterocycles. The van der Waals surface area contributed by atoms with Gasteiger partial charge in [0.05, 0.1) is 0 Å². The van der Waals surface area contributed by atoms with Gasteiger partial charge in [-0.3, -0.25) is 0 Å². The Morgan fingerprint density at radius 3 is 2.47 bits per heavy atom. The Kier molecular flexibility index (Phi) is 3.60. The maximum atomic E-state index is 6.14. The zero-order chi connectivity index (χ0) is 12.4. The van der Waals surface area contributed by atoms with E-state index < -0.39 is 0 Å². The van der Waals surface area contributed by atoms with Crippen LogP contribution >= 0.6 is 23.2 Å². The predicted molar refractivity (Wildman–Crippen MR) is 74.9 cm³/mol. The number of benzene rings is 2. The third kappa shape index (κ3) is 2.74. The van der Waals surface area contributed by atoms with Crippen LogP contribution in [0.15, 0.2) is 36.4 Å². The average molecular weight is 266 g/mol. The molecule has 0 aliphatic carbocycles. The first-order valence-corrected chi connectivity index (χ1v) is 6.11. The zero-order valence-electron chi connectivity index (χ0n) is 9.50. The number of anilines is 1. The topological polar surface area (TPSA) is 26.0 Å². The molecule has 0 aliphatic heterocycles. The molecule has 3 heteroatoms. The van der Waals surface area contributed by atoms with Gasteiger partial charge in [-0.1, -0.05) is 41.4 Å². The van der Waals surface area contributed by atoms with Crippen molar-refractivity contribution >= 4 is 28.9 Å². The second-order valence-electron chi connectivity index (χ2n) is 4.05. The van der Waals surface area contributed by atoms with E-state index in [0.717, 1.165) is 33.8 Å². The summed E-state index contributed by atoms with van der Waals surface area (Å²) in [6, 6.07) is 11.5. The highest BCUT2D eigenvalue weighted by atomic mass is 35.5. The van der Waals surface area contributed by atoms with Crippen LogP contribution in [0.4, 0.5) is 5.69 Å². The summed E-state index contributed by atoms with van der Waals surface area (Å²) in [5.41, 5.74) is 9.88. The van der Waals surface area contributed by atoms with E-state index in [-0.39, 0.29) is 0 Å². The van der Waals surface area contributed by atoms with Gasteiger partial charge in [0.25, 0.3) is 0 Å². The van der Waals surface area contributed by atoms with Crippen molar-refractivity contribution in [1.82, 2.24) is 0 Å². The standard InChI is InChI=1S/C14H13Cl2N/c1-9-11(7-12(15)8-14(9)17)6-10-4-2-3-5-13(10)16/h2-5,7-8H,6,17H2,1H3. The van der Waals surface area contributed by atoms with Crippen molar-refractivity contribution in [3.8, 4) is 0 Å². The molecule has 0 saturated carbocycles. The molecule has 2 aromatic rings. The quantitative estimate of drug-likeness (QED) is 0.797. The summed E-state index contributed by atoms with van der Waals surface area (Å²) in [6.07, 6.45) is 0.746. The third-order valence-corrected chi connectivity index (χ3v) is 3.45. The van der Waals surface area contributed by atoms with Crippen LogP contribution in [0.3, 0.4) is 0 Å². The molecule has 0 aromatic heterocycles. The lowest BCUT2D eigenvalue weighted by molar-refractivity contribution is 1.16. The van der Waals surface area contributed by atoms with Gasteiger partial charge in [-0.2, -0.15) is 0 Å². The second-order valence-corrected chi connectivity index (χ2v) is 4.89. The van der Waals surface area contributed by atoms with Crippen molar-refractivity contribution in [2.24, 2.45) is 0 Å². The number of rotatable bonds is 2. The molecular weight excluding hydrogens is 253 g/mol. The maximum absolute atomic E-state index is 6.14. The van der Waals surface area contributed by atoms with Crippen LogP contribution in [0.2, 0.25) is 10.0 Å². The van der Waals surface area contributed by atoms with Gasteiger partial charge in [0.1, 0.15) is 0 Å². The van der Waals surface area contributed by atoms with E-state index in [9.17, 15) is 0 Å². The van der Waals surface area contributed by atoms with Gasteiger partial charge < -0.3 is 5.73 Å². The van der Waals surface area contributed by atoms with Crippen molar-refractivity contribution in [3.63, 3.8) is 0 Å². The number of halogens is 2. The molecule has 2 N–H and O–H groups in total. The normalized spacial score (nSPS) is 10.5. The average Bonchev–Trinajstić information content (AvgIpc) is 2.28. The molecule has 2 rings (SSSR count). The van der Waals surface area contributed by atoms with Crippen LogP contribution in [0, 0.1) is 6.92 Å². The van der Waals surface area contributed by atoms with Crippen LogP contribution in [-0.2, 0) is 6.42 Å². The number of nitrogen functional groups attached to an aromatic ring is 1. The lowest BCUT2D eigenvalue weighted by Gasteiger charge is -2.10. The summed E-state index contributed by atoms with van der Waals surface area (Å²) in [6.45, 7) is 2.00. The summed E-state index contributed by atoms with van der Waals surface area (Å²) in [4.78, 5) is 0. The molecule has 0 aliphatic rings. The highest BCUT2D eigenvalue weighted by Crippen LogP contribution is 2.26. The van der Waals surface area contributed by atoms with Gasteiger partial charge in [-0.05, 0) is 48.2 Å². The van der Waals surface area contributed by atoms with E-state index in [0.29, 0.717) is 5.02 Å². The summed E-state index contributed by atoms with van der Waals surface area (Å²) >= 11 is 12.2. The molecule has 17 heavy (non-hydrogen) atoms. The first-order chi connectivity index (χ1) is 8.08. The molecule has 1 nitrogen and oxygen atoms in total. The van der Waals surface area contributed by atoms with Crippen molar-refractivity contribution in [2.45, 2.75) is 13.3 Å². The molecule has 2 aromatic carbocycles. The fourth-order valence-electron chi connectivity index (χ4n) is 1.79. The number of hydrogen-bond donors (Lipinski definition) is 1. The first-order valence-electron chi connectivity index (χ1n) is 5.36. The van der Waals surface area contributed by atoms with Crippen LogP contribution in [0.5, 0.6) is 0 Å². The molecule has 0 fully saturated rings. The summed E-state index contributed by atoms with van der Waals surface area (Å²) < 4.78 is 0. The zero-order valence-corrected chi connectivity index (χ0v) is 11.0. The van der Waals surface area contributed by atoms with Gasteiger partial charge in [-0.25, -0.2) is 0 Å². The first kappa shape index (κ1) is 12.3. The van der Waals surface area contributed by atoms with Gasteiger partial charge in [0, 0.05) is 15.7 Å². The molecule has 0 radical (unpaired) electrons. The Morgan fingerprint density at radius 1 is 1.06 bits per heavy atom. The minimum atomic E-state index is 0.662. The lowest BCUT2D eigenvalue weighted by Crippen LogP contribution is -1.97.